The number of para-hydroxylation sites is 1. The van der Waals surface area contributed by atoms with Gasteiger partial charge in [0.1, 0.15) is 11.1 Å². The topological polar surface area (TPSA) is 45.3 Å². The van der Waals surface area contributed by atoms with Crippen LogP contribution in [0.5, 0.6) is 5.75 Å². The molecule has 1 aliphatic heterocycles. The summed E-state index contributed by atoms with van der Waals surface area (Å²) in [7, 11) is 1.66. The van der Waals surface area contributed by atoms with Gasteiger partial charge in [-0.3, -0.25) is 9.69 Å². The molecule has 1 aromatic heterocycles. The zero-order valence-electron chi connectivity index (χ0n) is 16.0. The van der Waals surface area contributed by atoms with Crippen LogP contribution < -0.4 is 9.64 Å². The molecule has 1 unspecified atom stereocenters. The van der Waals surface area contributed by atoms with Gasteiger partial charge in [-0.25, -0.2) is 0 Å². The second-order valence-electron chi connectivity index (χ2n) is 6.96. The fraction of sp³-hybridized carbons (Fsp3) is 0.125. The molecular weight excluding hydrogens is 380 g/mol. The predicted molar refractivity (Wildman–Crippen MR) is 119 cm³/mol. The lowest BCUT2D eigenvalue weighted by Crippen LogP contribution is -2.28. The van der Waals surface area contributed by atoms with Crippen molar-refractivity contribution < 1.29 is 9.53 Å². The van der Waals surface area contributed by atoms with Crippen molar-refractivity contribution in [2.45, 2.75) is 5.37 Å². The van der Waals surface area contributed by atoms with Gasteiger partial charge in [0, 0.05) is 16.5 Å². The number of rotatable bonds is 4. The second kappa shape index (κ2) is 7.33. The molecule has 144 valence electrons. The summed E-state index contributed by atoms with van der Waals surface area (Å²) in [6, 6.07) is 26.3. The molecule has 29 heavy (non-hydrogen) atoms. The number of aromatic nitrogens is 1. The van der Waals surface area contributed by atoms with Crippen LogP contribution in [-0.2, 0) is 4.79 Å². The van der Waals surface area contributed by atoms with Gasteiger partial charge in [-0.2, -0.15) is 0 Å². The zero-order valence-corrected chi connectivity index (χ0v) is 16.8. The molecule has 3 aromatic carbocycles. The fourth-order valence-corrected chi connectivity index (χ4v) is 5.03. The van der Waals surface area contributed by atoms with Crippen molar-refractivity contribution in [1.82, 2.24) is 4.98 Å². The van der Waals surface area contributed by atoms with E-state index in [9.17, 15) is 4.79 Å². The molecule has 5 rings (SSSR count). The van der Waals surface area contributed by atoms with Crippen LogP contribution in [0.3, 0.4) is 0 Å². The maximum Gasteiger partial charge on any atom is 0.238 e. The number of methoxy groups -OCH3 is 1. The van der Waals surface area contributed by atoms with Crippen LogP contribution in [0, 0.1) is 0 Å². The number of nitrogens with zero attached hydrogens (tertiary/aromatic N) is 1. The summed E-state index contributed by atoms with van der Waals surface area (Å²) in [5.41, 5.74) is 5.10. The van der Waals surface area contributed by atoms with E-state index in [-0.39, 0.29) is 11.3 Å². The van der Waals surface area contributed by atoms with Gasteiger partial charge in [0.05, 0.1) is 24.2 Å². The van der Waals surface area contributed by atoms with E-state index < -0.39 is 0 Å². The van der Waals surface area contributed by atoms with Crippen LogP contribution in [0.1, 0.15) is 10.9 Å². The Balaban J connectivity index is 1.69. The van der Waals surface area contributed by atoms with Crippen molar-refractivity contribution in [2.24, 2.45) is 0 Å². The molecule has 1 saturated heterocycles. The number of amides is 1. The van der Waals surface area contributed by atoms with E-state index in [2.05, 4.69) is 29.2 Å². The summed E-state index contributed by atoms with van der Waals surface area (Å²) in [5.74, 6) is 1.40. The average Bonchev–Trinajstić information content (AvgIpc) is 3.34. The molecule has 0 spiro atoms. The van der Waals surface area contributed by atoms with Crippen molar-refractivity contribution in [1.29, 1.82) is 0 Å². The molecule has 1 N–H and O–H groups in total. The highest BCUT2D eigenvalue weighted by Gasteiger charge is 2.37. The normalized spacial score (nSPS) is 16.5. The standard InChI is InChI=1S/C24H20N2O2S/c1-28-18-13-11-17(12-14-18)24-26(21(27)15-29-24)23-19-9-5-6-10-20(19)25-22(23)16-7-3-2-4-8-16/h2-14,24-25H,15H2,1H3. The number of hydrogen-bond donors (Lipinski definition) is 1. The number of anilines is 1. The molecule has 1 aliphatic rings. The quantitative estimate of drug-likeness (QED) is 0.483. The van der Waals surface area contributed by atoms with Gasteiger partial charge in [-0.05, 0) is 23.8 Å². The third kappa shape index (κ3) is 3.08. The Kier molecular flexibility index (Phi) is 4.52. The molecule has 0 radical (unpaired) electrons. The van der Waals surface area contributed by atoms with Crippen LogP contribution in [0.25, 0.3) is 22.2 Å². The van der Waals surface area contributed by atoms with Gasteiger partial charge in [-0.15, -0.1) is 11.8 Å². The van der Waals surface area contributed by atoms with Crippen LogP contribution in [-0.4, -0.2) is 23.8 Å². The lowest BCUT2D eigenvalue weighted by molar-refractivity contribution is -0.115. The van der Waals surface area contributed by atoms with Gasteiger partial charge in [0.25, 0.3) is 0 Å². The molecule has 0 bridgehead atoms. The number of aromatic amines is 1. The van der Waals surface area contributed by atoms with E-state index in [1.54, 1.807) is 18.9 Å². The van der Waals surface area contributed by atoms with E-state index in [1.165, 1.54) is 0 Å². The summed E-state index contributed by atoms with van der Waals surface area (Å²) < 4.78 is 5.29. The minimum atomic E-state index is -0.0740. The van der Waals surface area contributed by atoms with E-state index in [0.29, 0.717) is 5.75 Å². The number of thioether (sulfide) groups is 1. The Morgan fingerprint density at radius 3 is 2.45 bits per heavy atom. The van der Waals surface area contributed by atoms with E-state index in [0.717, 1.165) is 39.2 Å². The van der Waals surface area contributed by atoms with Crippen molar-refractivity contribution in [3.05, 3.63) is 84.4 Å². The first kappa shape index (κ1) is 17.9. The average molecular weight is 401 g/mol. The summed E-state index contributed by atoms with van der Waals surface area (Å²) in [5, 5.41) is 0.982. The first-order chi connectivity index (χ1) is 14.3. The minimum absolute atomic E-state index is 0.0740. The molecule has 1 atom stereocenters. The van der Waals surface area contributed by atoms with Gasteiger partial charge >= 0.3 is 0 Å². The number of carbonyl (C=O) groups excluding carboxylic acids is 1. The first-order valence-corrected chi connectivity index (χ1v) is 10.5. The number of nitrogens with one attached hydrogen (secondary N) is 1. The highest BCUT2D eigenvalue weighted by Crippen LogP contribution is 2.48. The van der Waals surface area contributed by atoms with Crippen LogP contribution in [0.4, 0.5) is 5.69 Å². The smallest absolute Gasteiger partial charge is 0.238 e. The van der Waals surface area contributed by atoms with Crippen molar-refractivity contribution >= 4 is 34.3 Å². The fourth-order valence-electron chi connectivity index (χ4n) is 3.87. The first-order valence-electron chi connectivity index (χ1n) is 9.50. The highest BCUT2D eigenvalue weighted by molar-refractivity contribution is 8.00. The Bertz CT molecular complexity index is 1170. The zero-order chi connectivity index (χ0) is 19.8. The Morgan fingerprint density at radius 2 is 1.69 bits per heavy atom. The summed E-state index contributed by atoms with van der Waals surface area (Å²) in [6.45, 7) is 0. The van der Waals surface area contributed by atoms with Crippen molar-refractivity contribution in [3.63, 3.8) is 0 Å². The minimum Gasteiger partial charge on any atom is -0.497 e. The maximum absolute atomic E-state index is 13.1. The Hall–Kier alpha value is -3.18. The number of ether oxygens (including phenoxy) is 1. The molecule has 2 heterocycles. The number of benzene rings is 3. The number of carbonyl (C=O) groups is 1. The van der Waals surface area contributed by atoms with Crippen LogP contribution in [0.15, 0.2) is 78.9 Å². The van der Waals surface area contributed by atoms with Crippen molar-refractivity contribution in [2.75, 3.05) is 17.8 Å². The molecule has 1 amide bonds. The Morgan fingerprint density at radius 1 is 0.966 bits per heavy atom. The number of fused-ring (bicyclic) bond motifs is 1. The molecular formula is C24H20N2O2S. The summed E-state index contributed by atoms with van der Waals surface area (Å²) in [6.07, 6.45) is 0. The largest absolute Gasteiger partial charge is 0.497 e. The van der Waals surface area contributed by atoms with Gasteiger partial charge < -0.3 is 9.72 Å². The predicted octanol–water partition coefficient (Wildman–Crippen LogP) is 5.62. The molecule has 0 aliphatic carbocycles. The van der Waals surface area contributed by atoms with Crippen LogP contribution >= 0.6 is 11.8 Å². The SMILES string of the molecule is COc1ccc(C2SCC(=O)N2c2c(-c3ccccc3)[nH]c3ccccc23)cc1. The van der Waals surface area contributed by atoms with E-state index in [4.69, 9.17) is 4.74 Å². The van der Waals surface area contributed by atoms with Gasteiger partial charge in [0.15, 0.2) is 0 Å². The third-order valence-electron chi connectivity index (χ3n) is 5.25. The molecule has 5 heteroatoms. The van der Waals surface area contributed by atoms with Gasteiger partial charge in [-0.1, -0.05) is 60.7 Å². The molecule has 4 aromatic rings. The monoisotopic (exact) mass is 400 g/mol. The lowest BCUT2D eigenvalue weighted by Gasteiger charge is -2.25. The van der Waals surface area contributed by atoms with E-state index >= 15 is 0 Å². The molecule has 1 fully saturated rings. The van der Waals surface area contributed by atoms with Crippen LogP contribution in [0.2, 0.25) is 0 Å². The highest BCUT2D eigenvalue weighted by atomic mass is 32.2. The maximum atomic E-state index is 13.1. The number of hydrogen-bond acceptors (Lipinski definition) is 3. The molecule has 4 nitrogen and oxygen atoms in total. The van der Waals surface area contributed by atoms with E-state index in [1.807, 2.05) is 59.5 Å². The second-order valence-corrected chi connectivity index (χ2v) is 8.03. The summed E-state index contributed by atoms with van der Waals surface area (Å²) >= 11 is 1.66. The lowest BCUT2D eigenvalue weighted by atomic mass is 10.1. The molecule has 0 saturated carbocycles. The third-order valence-corrected chi connectivity index (χ3v) is 6.46. The van der Waals surface area contributed by atoms with Gasteiger partial charge in [0.2, 0.25) is 5.91 Å². The Labute approximate surface area is 173 Å². The number of H-pyrrole nitrogens is 1. The summed E-state index contributed by atoms with van der Waals surface area (Å²) in [4.78, 5) is 18.6. The van der Waals surface area contributed by atoms with Crippen molar-refractivity contribution in [3.8, 4) is 17.0 Å².